The van der Waals surface area contributed by atoms with E-state index >= 15 is 0 Å². The van der Waals surface area contributed by atoms with Gasteiger partial charge in [-0.05, 0) is 37.8 Å². The molecular formula is C20H27N3O3. The van der Waals surface area contributed by atoms with Crippen molar-refractivity contribution in [3.8, 4) is 0 Å². The number of nitrogens with zero attached hydrogens (tertiary/aromatic N) is 2. The molecule has 0 radical (unpaired) electrons. The van der Waals surface area contributed by atoms with Gasteiger partial charge in [0, 0.05) is 24.0 Å². The molecule has 0 spiro atoms. The number of aryl methyl sites for hydroxylation is 3. The van der Waals surface area contributed by atoms with Crippen LogP contribution < -0.4 is 5.32 Å². The number of amides is 1. The van der Waals surface area contributed by atoms with Crippen LogP contribution in [-0.2, 0) is 27.8 Å². The number of ether oxygens (including phenoxy) is 1. The van der Waals surface area contributed by atoms with Gasteiger partial charge in [0.1, 0.15) is 0 Å². The Labute approximate surface area is 154 Å². The van der Waals surface area contributed by atoms with Crippen LogP contribution in [0.15, 0.2) is 18.2 Å². The second-order valence-electron chi connectivity index (χ2n) is 6.85. The number of nitrogens with one attached hydrogen (secondary N) is 1. The predicted octanol–water partition coefficient (Wildman–Crippen LogP) is 3.19. The van der Waals surface area contributed by atoms with Crippen LogP contribution in [0.5, 0.6) is 0 Å². The first-order valence-corrected chi connectivity index (χ1v) is 8.74. The van der Waals surface area contributed by atoms with Gasteiger partial charge in [0.2, 0.25) is 0 Å². The second kappa shape index (κ2) is 8.17. The Balaban J connectivity index is 1.96. The van der Waals surface area contributed by atoms with Crippen LogP contribution in [0.2, 0.25) is 0 Å². The first-order chi connectivity index (χ1) is 12.2. The topological polar surface area (TPSA) is 73.2 Å². The monoisotopic (exact) mass is 357 g/mol. The lowest BCUT2D eigenvalue weighted by Crippen LogP contribution is -2.23. The fourth-order valence-corrected chi connectivity index (χ4v) is 2.93. The number of hydrogen-bond donors (Lipinski definition) is 1. The van der Waals surface area contributed by atoms with Gasteiger partial charge in [0.05, 0.1) is 12.1 Å². The fraction of sp³-hybridized carbons (Fsp3) is 0.450. The molecule has 2 rings (SSSR count). The van der Waals surface area contributed by atoms with Crippen LogP contribution >= 0.6 is 0 Å². The van der Waals surface area contributed by atoms with Crippen molar-refractivity contribution in [3.05, 3.63) is 46.3 Å². The summed E-state index contributed by atoms with van der Waals surface area (Å²) in [6, 6.07) is 5.91. The van der Waals surface area contributed by atoms with E-state index < -0.39 is 5.97 Å². The normalized spacial score (nSPS) is 10.9. The number of para-hydroxylation sites is 1. The first-order valence-electron chi connectivity index (χ1n) is 8.74. The number of aromatic nitrogens is 2. The Hall–Kier alpha value is -2.63. The maximum absolute atomic E-state index is 12.2. The SMILES string of the molecule is Cc1cccc(C(C)C)c1NC(=O)COC(=O)Cc1c(C)nn(C)c1C. The molecule has 6 heteroatoms. The van der Waals surface area contributed by atoms with Crippen molar-refractivity contribution in [2.75, 3.05) is 11.9 Å². The molecular weight excluding hydrogens is 330 g/mol. The third kappa shape index (κ3) is 4.50. The Morgan fingerprint density at radius 2 is 1.92 bits per heavy atom. The highest BCUT2D eigenvalue weighted by Gasteiger charge is 2.17. The molecule has 0 bridgehead atoms. The molecule has 0 saturated carbocycles. The highest BCUT2D eigenvalue weighted by atomic mass is 16.5. The van der Waals surface area contributed by atoms with Crippen LogP contribution in [0.25, 0.3) is 0 Å². The van der Waals surface area contributed by atoms with E-state index in [1.54, 1.807) is 4.68 Å². The molecule has 26 heavy (non-hydrogen) atoms. The average Bonchev–Trinajstić information content (AvgIpc) is 2.81. The number of anilines is 1. The molecule has 1 heterocycles. The molecule has 1 aromatic carbocycles. The number of esters is 1. The zero-order valence-electron chi connectivity index (χ0n) is 16.3. The first kappa shape index (κ1) is 19.7. The highest BCUT2D eigenvalue weighted by Crippen LogP contribution is 2.27. The van der Waals surface area contributed by atoms with Crippen molar-refractivity contribution in [1.82, 2.24) is 9.78 Å². The Morgan fingerprint density at radius 1 is 1.23 bits per heavy atom. The van der Waals surface area contributed by atoms with Gasteiger partial charge >= 0.3 is 5.97 Å². The summed E-state index contributed by atoms with van der Waals surface area (Å²) >= 11 is 0. The maximum Gasteiger partial charge on any atom is 0.310 e. The maximum atomic E-state index is 12.2. The lowest BCUT2D eigenvalue weighted by Gasteiger charge is -2.16. The van der Waals surface area contributed by atoms with E-state index in [4.69, 9.17) is 4.74 Å². The lowest BCUT2D eigenvalue weighted by atomic mass is 9.98. The highest BCUT2D eigenvalue weighted by molar-refractivity contribution is 5.94. The van der Waals surface area contributed by atoms with Crippen molar-refractivity contribution < 1.29 is 14.3 Å². The number of carbonyl (C=O) groups excluding carboxylic acids is 2. The molecule has 0 unspecified atom stereocenters. The molecule has 0 aliphatic carbocycles. The summed E-state index contributed by atoms with van der Waals surface area (Å²) in [4.78, 5) is 24.3. The Kier molecular flexibility index (Phi) is 6.18. The number of hydrogen-bond acceptors (Lipinski definition) is 4. The van der Waals surface area contributed by atoms with Gasteiger partial charge < -0.3 is 10.1 Å². The largest absolute Gasteiger partial charge is 0.455 e. The number of rotatable bonds is 6. The van der Waals surface area contributed by atoms with Gasteiger partial charge in [-0.15, -0.1) is 0 Å². The van der Waals surface area contributed by atoms with E-state index in [0.717, 1.165) is 33.8 Å². The predicted molar refractivity (Wildman–Crippen MR) is 101 cm³/mol. The minimum Gasteiger partial charge on any atom is -0.455 e. The number of benzene rings is 1. The molecule has 1 N–H and O–H groups in total. The molecule has 0 fully saturated rings. The number of carbonyl (C=O) groups is 2. The standard InChI is InChI=1S/C20H27N3O3/c1-12(2)16-9-7-8-13(3)20(16)21-18(24)11-26-19(25)10-17-14(4)22-23(6)15(17)5/h7-9,12H,10-11H2,1-6H3,(H,21,24). The van der Waals surface area contributed by atoms with Crippen molar-refractivity contribution in [2.45, 2.75) is 47.0 Å². The van der Waals surface area contributed by atoms with Crippen LogP contribution in [0.3, 0.4) is 0 Å². The lowest BCUT2D eigenvalue weighted by molar-refractivity contribution is -0.146. The summed E-state index contributed by atoms with van der Waals surface area (Å²) in [5, 5.41) is 7.15. The molecule has 1 aromatic heterocycles. The quantitative estimate of drug-likeness (QED) is 0.806. The van der Waals surface area contributed by atoms with Crippen molar-refractivity contribution in [2.24, 2.45) is 7.05 Å². The van der Waals surface area contributed by atoms with E-state index in [0.29, 0.717) is 0 Å². The van der Waals surface area contributed by atoms with Crippen LogP contribution in [-0.4, -0.2) is 28.3 Å². The summed E-state index contributed by atoms with van der Waals surface area (Å²) in [7, 11) is 1.83. The zero-order valence-corrected chi connectivity index (χ0v) is 16.3. The molecule has 0 aliphatic rings. The third-order valence-corrected chi connectivity index (χ3v) is 4.54. The fourth-order valence-electron chi connectivity index (χ4n) is 2.93. The van der Waals surface area contributed by atoms with E-state index in [9.17, 15) is 9.59 Å². The van der Waals surface area contributed by atoms with Gasteiger partial charge in [-0.3, -0.25) is 14.3 Å². The van der Waals surface area contributed by atoms with Gasteiger partial charge in [0.25, 0.3) is 5.91 Å². The van der Waals surface area contributed by atoms with Crippen LogP contribution in [0.1, 0.15) is 47.8 Å². The summed E-state index contributed by atoms with van der Waals surface area (Å²) in [6.07, 6.45) is 0.112. The van der Waals surface area contributed by atoms with E-state index in [1.807, 2.05) is 46.0 Å². The van der Waals surface area contributed by atoms with Gasteiger partial charge in [-0.2, -0.15) is 5.10 Å². The Morgan fingerprint density at radius 3 is 2.50 bits per heavy atom. The van der Waals surface area contributed by atoms with Crippen LogP contribution in [0, 0.1) is 20.8 Å². The summed E-state index contributed by atoms with van der Waals surface area (Å²) in [5.74, 6) is -0.494. The minimum absolute atomic E-state index is 0.112. The minimum atomic E-state index is -0.437. The van der Waals surface area contributed by atoms with Gasteiger partial charge in [-0.1, -0.05) is 32.0 Å². The van der Waals surface area contributed by atoms with Crippen molar-refractivity contribution in [3.63, 3.8) is 0 Å². The van der Waals surface area contributed by atoms with Crippen LogP contribution in [0.4, 0.5) is 5.69 Å². The third-order valence-electron chi connectivity index (χ3n) is 4.54. The Bertz CT molecular complexity index is 822. The summed E-state index contributed by atoms with van der Waals surface area (Å²) in [6.45, 7) is 9.55. The summed E-state index contributed by atoms with van der Waals surface area (Å²) < 4.78 is 6.88. The zero-order chi connectivity index (χ0) is 19.4. The van der Waals surface area contributed by atoms with E-state index in [-0.39, 0.29) is 24.9 Å². The molecule has 0 aliphatic heterocycles. The van der Waals surface area contributed by atoms with E-state index in [1.165, 1.54) is 0 Å². The molecule has 2 aromatic rings. The van der Waals surface area contributed by atoms with Crippen molar-refractivity contribution in [1.29, 1.82) is 0 Å². The molecule has 0 saturated heterocycles. The van der Waals surface area contributed by atoms with Gasteiger partial charge in [-0.25, -0.2) is 0 Å². The smallest absolute Gasteiger partial charge is 0.310 e. The average molecular weight is 357 g/mol. The molecule has 140 valence electrons. The molecule has 0 atom stereocenters. The molecule has 1 amide bonds. The second-order valence-corrected chi connectivity index (χ2v) is 6.85. The van der Waals surface area contributed by atoms with Crippen molar-refractivity contribution >= 4 is 17.6 Å². The van der Waals surface area contributed by atoms with Gasteiger partial charge in [0.15, 0.2) is 6.61 Å². The molecule has 6 nitrogen and oxygen atoms in total. The summed E-state index contributed by atoms with van der Waals surface area (Å²) in [5.41, 5.74) is 5.41. The van der Waals surface area contributed by atoms with E-state index in [2.05, 4.69) is 24.3 Å².